The maximum absolute atomic E-state index is 12.8. The fourth-order valence-corrected chi connectivity index (χ4v) is 5.66. The van der Waals surface area contributed by atoms with Crippen molar-refractivity contribution in [3.8, 4) is 11.4 Å². The molecule has 0 aliphatic carbocycles. The number of anilines is 1. The van der Waals surface area contributed by atoms with Crippen molar-refractivity contribution in [1.29, 1.82) is 0 Å². The molecule has 8 nitrogen and oxygen atoms in total. The number of thioether (sulfide) groups is 1. The van der Waals surface area contributed by atoms with Crippen molar-refractivity contribution in [3.05, 3.63) is 45.3 Å². The second kappa shape index (κ2) is 10.9. The minimum absolute atomic E-state index is 0.0786. The summed E-state index contributed by atoms with van der Waals surface area (Å²) < 4.78 is 12.7. The van der Waals surface area contributed by atoms with Crippen molar-refractivity contribution in [2.45, 2.75) is 44.5 Å². The van der Waals surface area contributed by atoms with E-state index in [4.69, 9.17) is 21.1 Å². The first-order valence-electron chi connectivity index (χ1n) is 10.8. The number of amides is 1. The lowest BCUT2D eigenvalue weighted by molar-refractivity contribution is -0.113. The molecule has 11 heteroatoms. The number of carbonyl (C=O) groups excluding carboxylic acids is 2. The highest BCUT2D eigenvalue weighted by Crippen LogP contribution is 2.33. The predicted molar refractivity (Wildman–Crippen MR) is 134 cm³/mol. The molecule has 1 amide bonds. The van der Waals surface area contributed by atoms with Crippen molar-refractivity contribution in [1.82, 2.24) is 14.8 Å². The Kier molecular flexibility index (Phi) is 7.92. The molecule has 0 bridgehead atoms. The van der Waals surface area contributed by atoms with Crippen molar-refractivity contribution >= 4 is 51.6 Å². The van der Waals surface area contributed by atoms with Gasteiger partial charge in [0.15, 0.2) is 11.0 Å². The van der Waals surface area contributed by atoms with E-state index in [0.29, 0.717) is 33.1 Å². The third-order valence-electron chi connectivity index (χ3n) is 5.59. The summed E-state index contributed by atoms with van der Waals surface area (Å²) in [5.74, 6) is 0.110. The topological polar surface area (TPSA) is 95.3 Å². The molecule has 1 aliphatic heterocycles. The number of nitrogens with zero attached hydrogens (tertiary/aromatic N) is 3. The van der Waals surface area contributed by atoms with Crippen LogP contribution in [0.2, 0.25) is 5.02 Å². The van der Waals surface area contributed by atoms with Crippen LogP contribution < -0.4 is 5.32 Å². The van der Waals surface area contributed by atoms with E-state index in [1.165, 1.54) is 30.2 Å². The number of rotatable bonds is 8. The largest absolute Gasteiger partial charge is 0.465 e. The van der Waals surface area contributed by atoms with Gasteiger partial charge in [0.05, 0.1) is 31.1 Å². The molecule has 0 unspecified atom stereocenters. The maximum Gasteiger partial charge on any atom is 0.341 e. The smallest absolute Gasteiger partial charge is 0.341 e. The van der Waals surface area contributed by atoms with Gasteiger partial charge in [-0.3, -0.25) is 9.36 Å². The number of hydrogen-bond donors (Lipinski definition) is 1. The van der Waals surface area contributed by atoms with Crippen LogP contribution in [0, 0.1) is 13.8 Å². The Balaban J connectivity index is 1.51. The van der Waals surface area contributed by atoms with Gasteiger partial charge in [-0.1, -0.05) is 23.4 Å². The summed E-state index contributed by atoms with van der Waals surface area (Å²) in [6.45, 7) is 5.10. The van der Waals surface area contributed by atoms with Crippen molar-refractivity contribution in [3.63, 3.8) is 0 Å². The molecule has 4 rings (SSSR count). The first-order chi connectivity index (χ1) is 16.4. The number of nitrogens with one attached hydrogen (secondary N) is 1. The average Bonchev–Trinajstić information content (AvgIpc) is 3.54. The molecule has 1 fully saturated rings. The molecular weight excluding hydrogens is 496 g/mol. The molecule has 1 aliphatic rings. The van der Waals surface area contributed by atoms with Gasteiger partial charge in [0.25, 0.3) is 0 Å². The van der Waals surface area contributed by atoms with Gasteiger partial charge >= 0.3 is 5.97 Å². The lowest BCUT2D eigenvalue weighted by Gasteiger charge is -2.14. The van der Waals surface area contributed by atoms with Crippen molar-refractivity contribution < 1.29 is 19.1 Å². The Hall–Kier alpha value is -2.40. The molecule has 3 aromatic rings. The minimum Gasteiger partial charge on any atom is -0.465 e. The van der Waals surface area contributed by atoms with Crippen LogP contribution in [-0.4, -0.2) is 52.2 Å². The summed E-state index contributed by atoms with van der Waals surface area (Å²) in [5.41, 5.74) is 2.09. The normalized spacial score (nSPS) is 15.5. The number of thiophene rings is 1. The maximum atomic E-state index is 12.8. The van der Waals surface area contributed by atoms with Gasteiger partial charge in [0.2, 0.25) is 5.91 Å². The molecule has 0 spiro atoms. The molecule has 0 radical (unpaired) electrons. The number of carbonyl (C=O) groups is 2. The van der Waals surface area contributed by atoms with Crippen molar-refractivity contribution in [2.75, 3.05) is 24.8 Å². The minimum atomic E-state index is -0.464. The molecule has 1 N–H and O–H groups in total. The van der Waals surface area contributed by atoms with Crippen LogP contribution in [0.25, 0.3) is 11.4 Å². The molecule has 180 valence electrons. The highest BCUT2D eigenvalue weighted by molar-refractivity contribution is 7.99. The van der Waals surface area contributed by atoms with Crippen LogP contribution in [-0.2, 0) is 20.8 Å². The number of aromatic nitrogens is 3. The number of hydrogen-bond acceptors (Lipinski definition) is 8. The molecule has 1 aromatic carbocycles. The zero-order valence-electron chi connectivity index (χ0n) is 19.1. The Labute approximate surface area is 211 Å². The van der Waals surface area contributed by atoms with Crippen LogP contribution >= 0.6 is 34.7 Å². The lowest BCUT2D eigenvalue weighted by Crippen LogP contribution is -2.18. The molecule has 0 saturated carbocycles. The van der Waals surface area contributed by atoms with Gasteiger partial charge < -0.3 is 14.8 Å². The molecule has 34 heavy (non-hydrogen) atoms. The van der Waals surface area contributed by atoms with E-state index in [1.807, 2.05) is 42.7 Å². The van der Waals surface area contributed by atoms with Crippen LogP contribution in [0.4, 0.5) is 5.00 Å². The van der Waals surface area contributed by atoms with Gasteiger partial charge in [-0.15, -0.1) is 21.5 Å². The first kappa shape index (κ1) is 24.7. The Morgan fingerprint density at radius 1 is 1.29 bits per heavy atom. The zero-order valence-corrected chi connectivity index (χ0v) is 21.5. The van der Waals surface area contributed by atoms with E-state index >= 15 is 0 Å². The predicted octanol–water partition coefficient (Wildman–Crippen LogP) is 4.97. The zero-order chi connectivity index (χ0) is 24.2. The van der Waals surface area contributed by atoms with E-state index in [2.05, 4.69) is 15.5 Å². The summed E-state index contributed by atoms with van der Waals surface area (Å²) in [6, 6.07) is 7.42. The van der Waals surface area contributed by atoms with Gasteiger partial charge in [0.1, 0.15) is 5.00 Å². The highest BCUT2D eigenvalue weighted by Gasteiger charge is 2.24. The Morgan fingerprint density at radius 2 is 2.06 bits per heavy atom. The van der Waals surface area contributed by atoms with Crippen LogP contribution in [0.5, 0.6) is 0 Å². The summed E-state index contributed by atoms with van der Waals surface area (Å²) in [4.78, 5) is 25.9. The second-order valence-corrected chi connectivity index (χ2v) is 10.5. The SMILES string of the molecule is COC(=O)c1c(NC(=O)CSc2nnc(-c3ccc(Cl)cc3)n2C[C@H]2CCCO2)sc(C)c1C. The number of aryl methyl sites for hydroxylation is 1. The number of halogens is 1. The second-order valence-electron chi connectivity index (χ2n) is 7.87. The lowest BCUT2D eigenvalue weighted by atomic mass is 10.1. The summed E-state index contributed by atoms with van der Waals surface area (Å²) in [6.07, 6.45) is 2.07. The third-order valence-corrected chi connectivity index (χ3v) is 7.93. The Morgan fingerprint density at radius 3 is 2.74 bits per heavy atom. The molecule has 1 saturated heterocycles. The quantitative estimate of drug-likeness (QED) is 0.331. The molecular formula is C23H25ClN4O4S2. The summed E-state index contributed by atoms with van der Waals surface area (Å²) >= 11 is 8.70. The van der Waals surface area contributed by atoms with E-state index < -0.39 is 5.97 Å². The van der Waals surface area contributed by atoms with Crippen molar-refractivity contribution in [2.24, 2.45) is 0 Å². The van der Waals surface area contributed by atoms with Gasteiger partial charge in [-0.05, 0) is 56.5 Å². The van der Waals surface area contributed by atoms with Gasteiger partial charge in [-0.25, -0.2) is 4.79 Å². The summed E-state index contributed by atoms with van der Waals surface area (Å²) in [7, 11) is 1.33. The van der Waals surface area contributed by atoms with E-state index in [0.717, 1.165) is 35.5 Å². The fraction of sp³-hybridized carbons (Fsp3) is 0.391. The van der Waals surface area contributed by atoms with E-state index in [-0.39, 0.29) is 17.8 Å². The van der Waals surface area contributed by atoms with E-state index in [9.17, 15) is 9.59 Å². The highest BCUT2D eigenvalue weighted by atomic mass is 35.5. The fourth-order valence-electron chi connectivity index (χ4n) is 3.72. The molecule has 1 atom stereocenters. The van der Waals surface area contributed by atoms with Crippen LogP contribution in [0.15, 0.2) is 29.4 Å². The third kappa shape index (κ3) is 5.46. The van der Waals surface area contributed by atoms with E-state index in [1.54, 1.807) is 0 Å². The number of benzene rings is 1. The van der Waals surface area contributed by atoms with Gasteiger partial charge in [0, 0.05) is 22.1 Å². The molecule has 2 aromatic heterocycles. The van der Waals surface area contributed by atoms with Crippen LogP contribution in [0.3, 0.4) is 0 Å². The van der Waals surface area contributed by atoms with Gasteiger partial charge in [-0.2, -0.15) is 0 Å². The number of esters is 1. The Bertz CT molecular complexity index is 1190. The molecule has 3 heterocycles. The number of methoxy groups -OCH3 is 1. The summed E-state index contributed by atoms with van der Waals surface area (Å²) in [5, 5.41) is 13.4. The monoisotopic (exact) mass is 520 g/mol. The first-order valence-corrected chi connectivity index (χ1v) is 13.0. The average molecular weight is 521 g/mol. The number of ether oxygens (including phenoxy) is 2. The van der Waals surface area contributed by atoms with Crippen LogP contribution in [0.1, 0.15) is 33.6 Å². The standard InChI is InChI=1S/C23H25ClN4O4S2/c1-13-14(2)34-21(19(13)22(30)31-3)25-18(29)12-33-23-27-26-20(15-6-8-16(24)9-7-15)28(23)11-17-5-4-10-32-17/h6-9,17H,4-5,10-12H2,1-3H3,(H,25,29)/t17-/m1/s1.